The Morgan fingerprint density at radius 1 is 1.20 bits per heavy atom. The second kappa shape index (κ2) is 7.29. The van der Waals surface area contributed by atoms with Crippen LogP contribution in [0.4, 0.5) is 0 Å². The number of ether oxygens (including phenoxy) is 3. The van der Waals surface area contributed by atoms with Gasteiger partial charge in [-0.25, -0.2) is 9.89 Å². The van der Waals surface area contributed by atoms with Gasteiger partial charge in [0.25, 0.3) is 5.91 Å². The molecule has 1 aliphatic heterocycles. The van der Waals surface area contributed by atoms with Crippen LogP contribution in [0, 0.1) is 0 Å². The molecule has 0 radical (unpaired) electrons. The third kappa shape index (κ3) is 3.59. The highest BCUT2D eigenvalue weighted by molar-refractivity contribution is 5.90. The van der Waals surface area contributed by atoms with E-state index in [0.29, 0.717) is 43.2 Å². The monoisotopic (exact) mass is 348 g/mol. The Balaban J connectivity index is 1.63. The number of likely N-dealkylation sites (tertiary alicyclic amines) is 1. The summed E-state index contributed by atoms with van der Waals surface area (Å²) in [6.45, 7) is 1.02. The largest absolute Gasteiger partial charge is 0.493 e. The number of methoxy groups -OCH3 is 2. The molecule has 2 heterocycles. The van der Waals surface area contributed by atoms with E-state index in [0.717, 1.165) is 0 Å². The maximum Gasteiger partial charge on any atom is 0.341 e. The molecule has 0 unspecified atom stereocenters. The van der Waals surface area contributed by atoms with Crippen molar-refractivity contribution in [2.75, 3.05) is 27.3 Å². The summed E-state index contributed by atoms with van der Waals surface area (Å²) in [5.41, 5.74) is -0.496. The number of nitrogens with one attached hydrogen (secondary N) is 2. The van der Waals surface area contributed by atoms with Gasteiger partial charge in [-0.2, -0.15) is 0 Å². The molecule has 9 heteroatoms. The van der Waals surface area contributed by atoms with Crippen molar-refractivity contribution in [1.82, 2.24) is 20.1 Å². The van der Waals surface area contributed by atoms with Gasteiger partial charge in [0, 0.05) is 25.9 Å². The van der Waals surface area contributed by atoms with E-state index in [1.165, 1.54) is 0 Å². The predicted molar refractivity (Wildman–Crippen MR) is 88.3 cm³/mol. The number of nitrogens with zero attached hydrogens (tertiary/aromatic N) is 2. The molecule has 1 amide bonds. The maximum absolute atomic E-state index is 12.3. The van der Waals surface area contributed by atoms with Gasteiger partial charge in [0.1, 0.15) is 6.10 Å². The first-order valence-electron chi connectivity index (χ1n) is 7.94. The molecular formula is C16H20N4O5. The van der Waals surface area contributed by atoms with Gasteiger partial charge >= 0.3 is 5.69 Å². The lowest BCUT2D eigenvalue weighted by Crippen LogP contribution is -2.42. The van der Waals surface area contributed by atoms with E-state index in [2.05, 4.69) is 15.2 Å². The van der Waals surface area contributed by atoms with Crippen LogP contribution in [0.3, 0.4) is 0 Å². The fourth-order valence-corrected chi connectivity index (χ4v) is 2.80. The molecule has 9 nitrogen and oxygen atoms in total. The quantitative estimate of drug-likeness (QED) is 0.827. The number of aromatic nitrogens is 3. The van der Waals surface area contributed by atoms with Crippen LogP contribution in [0.25, 0.3) is 0 Å². The zero-order valence-electron chi connectivity index (χ0n) is 14.1. The molecule has 2 N–H and O–H groups in total. The SMILES string of the molecule is COc1cccc(OC)c1OC1CCN(C(=O)c2n[nH]c(=O)[nH]2)CC1. The minimum atomic E-state index is -0.496. The lowest BCUT2D eigenvalue weighted by atomic mass is 10.1. The third-order valence-electron chi connectivity index (χ3n) is 4.10. The van der Waals surface area contributed by atoms with Crippen LogP contribution in [0.2, 0.25) is 0 Å². The summed E-state index contributed by atoms with van der Waals surface area (Å²) < 4.78 is 16.7. The number of carbonyl (C=O) groups is 1. The molecule has 1 aromatic heterocycles. The number of rotatable bonds is 5. The van der Waals surface area contributed by atoms with E-state index >= 15 is 0 Å². The molecule has 1 aliphatic rings. The first-order chi connectivity index (χ1) is 12.1. The Bertz CT molecular complexity index is 770. The van der Waals surface area contributed by atoms with Crippen molar-refractivity contribution < 1.29 is 19.0 Å². The number of para-hydroxylation sites is 1. The van der Waals surface area contributed by atoms with E-state index in [1.54, 1.807) is 19.1 Å². The second-order valence-electron chi connectivity index (χ2n) is 5.63. The first kappa shape index (κ1) is 16.9. The standard InChI is InChI=1S/C16H20N4O5/c1-23-11-4-3-5-12(24-2)13(11)25-10-6-8-20(9-7-10)15(21)14-17-16(22)19-18-14/h3-5,10H,6-9H2,1-2H3,(H2,17,18,19,22). The highest BCUT2D eigenvalue weighted by Gasteiger charge is 2.27. The summed E-state index contributed by atoms with van der Waals surface area (Å²) in [5.74, 6) is 1.50. The smallest absolute Gasteiger partial charge is 0.341 e. The van der Waals surface area contributed by atoms with Crippen LogP contribution in [0.5, 0.6) is 17.2 Å². The van der Waals surface area contributed by atoms with Gasteiger partial charge < -0.3 is 19.1 Å². The van der Waals surface area contributed by atoms with Crippen molar-refractivity contribution in [2.45, 2.75) is 18.9 Å². The van der Waals surface area contributed by atoms with Gasteiger partial charge in [-0.15, -0.1) is 5.10 Å². The molecule has 0 saturated carbocycles. The molecule has 1 fully saturated rings. The van der Waals surface area contributed by atoms with Crippen molar-refractivity contribution in [3.63, 3.8) is 0 Å². The second-order valence-corrected chi connectivity index (χ2v) is 5.63. The Kier molecular flexibility index (Phi) is 4.92. The zero-order chi connectivity index (χ0) is 17.8. The minimum absolute atomic E-state index is 0.0239. The van der Waals surface area contributed by atoms with Crippen LogP contribution in [0.1, 0.15) is 23.5 Å². The Hall–Kier alpha value is -2.97. The average Bonchev–Trinajstić information content (AvgIpc) is 3.08. The summed E-state index contributed by atoms with van der Waals surface area (Å²) in [5, 5.41) is 5.87. The molecule has 2 aromatic rings. The van der Waals surface area contributed by atoms with Crippen molar-refractivity contribution >= 4 is 5.91 Å². The summed E-state index contributed by atoms with van der Waals surface area (Å²) >= 11 is 0. The van der Waals surface area contributed by atoms with Crippen LogP contribution < -0.4 is 19.9 Å². The van der Waals surface area contributed by atoms with E-state index in [4.69, 9.17) is 14.2 Å². The maximum atomic E-state index is 12.3. The highest BCUT2D eigenvalue weighted by atomic mass is 16.5. The van der Waals surface area contributed by atoms with Gasteiger partial charge in [-0.05, 0) is 12.1 Å². The van der Waals surface area contributed by atoms with Crippen molar-refractivity contribution in [3.05, 3.63) is 34.5 Å². The molecule has 0 spiro atoms. The summed E-state index contributed by atoms with van der Waals surface area (Å²) in [6, 6.07) is 5.45. The Morgan fingerprint density at radius 3 is 2.36 bits per heavy atom. The van der Waals surface area contributed by atoms with E-state index < -0.39 is 5.69 Å². The predicted octanol–water partition coefficient (Wildman–Crippen LogP) is 0.799. The number of benzene rings is 1. The number of hydrogen-bond donors (Lipinski definition) is 2. The molecule has 0 atom stereocenters. The van der Waals surface area contributed by atoms with Crippen LogP contribution in [-0.2, 0) is 0 Å². The van der Waals surface area contributed by atoms with Crippen LogP contribution >= 0.6 is 0 Å². The van der Waals surface area contributed by atoms with Gasteiger partial charge in [0.05, 0.1) is 14.2 Å². The van der Waals surface area contributed by atoms with E-state index in [-0.39, 0.29) is 17.8 Å². The van der Waals surface area contributed by atoms with Crippen LogP contribution in [0.15, 0.2) is 23.0 Å². The first-order valence-corrected chi connectivity index (χ1v) is 7.94. The lowest BCUT2D eigenvalue weighted by Gasteiger charge is -2.32. The molecule has 3 rings (SSSR count). The van der Waals surface area contributed by atoms with Gasteiger partial charge in [0.15, 0.2) is 11.5 Å². The number of aromatic amines is 2. The van der Waals surface area contributed by atoms with Crippen molar-refractivity contribution in [2.24, 2.45) is 0 Å². The molecule has 0 aliphatic carbocycles. The molecule has 25 heavy (non-hydrogen) atoms. The fraction of sp³-hybridized carbons (Fsp3) is 0.438. The molecule has 0 bridgehead atoms. The summed E-state index contributed by atoms with van der Waals surface area (Å²) in [7, 11) is 3.15. The number of carbonyl (C=O) groups excluding carboxylic acids is 1. The average molecular weight is 348 g/mol. The Labute approximate surface area is 143 Å². The van der Waals surface area contributed by atoms with E-state index in [9.17, 15) is 9.59 Å². The van der Waals surface area contributed by atoms with E-state index in [1.807, 2.05) is 18.2 Å². The topological polar surface area (TPSA) is 110 Å². The Morgan fingerprint density at radius 2 is 1.84 bits per heavy atom. The zero-order valence-corrected chi connectivity index (χ0v) is 14.1. The van der Waals surface area contributed by atoms with Gasteiger partial charge in [0.2, 0.25) is 11.6 Å². The number of hydrogen-bond acceptors (Lipinski definition) is 6. The lowest BCUT2D eigenvalue weighted by molar-refractivity contribution is 0.0574. The normalized spacial score (nSPS) is 15.0. The van der Waals surface area contributed by atoms with Crippen LogP contribution in [-0.4, -0.2) is 59.4 Å². The molecule has 1 aromatic carbocycles. The molecule has 134 valence electrons. The van der Waals surface area contributed by atoms with Gasteiger partial charge in [-0.3, -0.25) is 9.78 Å². The van der Waals surface area contributed by atoms with Gasteiger partial charge in [-0.1, -0.05) is 6.07 Å². The summed E-state index contributed by atoms with van der Waals surface area (Å²) in [4.78, 5) is 27.4. The molecule has 1 saturated heterocycles. The van der Waals surface area contributed by atoms with Crippen molar-refractivity contribution in [1.29, 1.82) is 0 Å². The third-order valence-corrected chi connectivity index (χ3v) is 4.10. The number of piperidine rings is 1. The summed E-state index contributed by atoms with van der Waals surface area (Å²) in [6.07, 6.45) is 1.25. The molecular weight excluding hydrogens is 328 g/mol. The highest BCUT2D eigenvalue weighted by Crippen LogP contribution is 2.38. The number of amides is 1. The minimum Gasteiger partial charge on any atom is -0.493 e. The number of H-pyrrole nitrogens is 2. The fourth-order valence-electron chi connectivity index (χ4n) is 2.80. The van der Waals surface area contributed by atoms with Crippen molar-refractivity contribution in [3.8, 4) is 17.2 Å².